The second-order valence-corrected chi connectivity index (χ2v) is 5.61. The molecule has 0 unspecified atom stereocenters. The lowest BCUT2D eigenvalue weighted by Crippen LogP contribution is -1.95. The molecule has 2 aromatic carbocycles. The predicted octanol–water partition coefficient (Wildman–Crippen LogP) is 4.24. The Bertz CT molecular complexity index is 921. The standard InChI is InChI=1S/C20H21NO4/c1-12-8-14(13-6-7-17(22-2)18(9-13)23-3)15-10-19(24-4)20(25-5)11-16(15)21-12/h6-11H,1-5H3. The summed E-state index contributed by atoms with van der Waals surface area (Å²) in [5.74, 6) is 2.71. The number of aromatic nitrogens is 1. The lowest BCUT2D eigenvalue weighted by molar-refractivity contribution is 0.355. The molecule has 0 aliphatic heterocycles. The van der Waals surface area contributed by atoms with Crippen LogP contribution in [0.2, 0.25) is 0 Å². The Balaban J connectivity index is 2.28. The van der Waals surface area contributed by atoms with Gasteiger partial charge in [0.2, 0.25) is 0 Å². The van der Waals surface area contributed by atoms with Crippen LogP contribution in [-0.2, 0) is 0 Å². The van der Waals surface area contributed by atoms with E-state index in [0.29, 0.717) is 23.0 Å². The summed E-state index contributed by atoms with van der Waals surface area (Å²) in [6.07, 6.45) is 0. The molecule has 0 radical (unpaired) electrons. The van der Waals surface area contributed by atoms with Crippen molar-refractivity contribution in [2.24, 2.45) is 0 Å². The Morgan fingerprint density at radius 1 is 0.680 bits per heavy atom. The van der Waals surface area contributed by atoms with E-state index in [0.717, 1.165) is 27.7 Å². The van der Waals surface area contributed by atoms with Crippen LogP contribution in [0.25, 0.3) is 22.0 Å². The molecule has 0 N–H and O–H groups in total. The molecule has 0 fully saturated rings. The number of hydrogen-bond acceptors (Lipinski definition) is 5. The lowest BCUT2D eigenvalue weighted by atomic mass is 9.99. The number of hydrogen-bond donors (Lipinski definition) is 0. The monoisotopic (exact) mass is 339 g/mol. The van der Waals surface area contributed by atoms with E-state index in [1.54, 1.807) is 28.4 Å². The van der Waals surface area contributed by atoms with E-state index in [9.17, 15) is 0 Å². The zero-order chi connectivity index (χ0) is 18.0. The maximum Gasteiger partial charge on any atom is 0.162 e. The van der Waals surface area contributed by atoms with Crippen LogP contribution in [0.1, 0.15) is 5.69 Å². The first-order valence-electron chi connectivity index (χ1n) is 7.87. The average molecular weight is 339 g/mol. The van der Waals surface area contributed by atoms with Gasteiger partial charge in [-0.15, -0.1) is 0 Å². The van der Waals surface area contributed by atoms with Crippen LogP contribution in [0.3, 0.4) is 0 Å². The summed E-state index contributed by atoms with van der Waals surface area (Å²) in [7, 11) is 6.50. The topological polar surface area (TPSA) is 49.8 Å². The second-order valence-electron chi connectivity index (χ2n) is 5.61. The predicted molar refractivity (Wildman–Crippen MR) is 98.1 cm³/mol. The molecule has 0 bridgehead atoms. The molecule has 5 nitrogen and oxygen atoms in total. The third-order valence-corrected chi connectivity index (χ3v) is 4.14. The van der Waals surface area contributed by atoms with E-state index >= 15 is 0 Å². The third-order valence-electron chi connectivity index (χ3n) is 4.14. The molecule has 130 valence electrons. The fraction of sp³-hybridized carbons (Fsp3) is 0.250. The molecule has 0 aliphatic carbocycles. The summed E-state index contributed by atoms with van der Waals surface area (Å²) in [6.45, 7) is 1.97. The smallest absolute Gasteiger partial charge is 0.162 e. The number of ether oxygens (including phenoxy) is 4. The Hall–Kier alpha value is -2.95. The van der Waals surface area contributed by atoms with Gasteiger partial charge in [0.1, 0.15) is 0 Å². The Labute approximate surface area is 147 Å². The van der Waals surface area contributed by atoms with Gasteiger partial charge in [-0.25, -0.2) is 0 Å². The van der Waals surface area contributed by atoms with Gasteiger partial charge in [-0.2, -0.15) is 0 Å². The van der Waals surface area contributed by atoms with Crippen molar-refractivity contribution in [2.45, 2.75) is 6.92 Å². The minimum Gasteiger partial charge on any atom is -0.493 e. The highest BCUT2D eigenvalue weighted by atomic mass is 16.5. The van der Waals surface area contributed by atoms with E-state index in [2.05, 4.69) is 11.1 Å². The SMILES string of the molecule is COc1ccc(-c2cc(C)nc3cc(OC)c(OC)cc23)cc1OC. The van der Waals surface area contributed by atoms with E-state index in [1.165, 1.54) is 0 Å². The van der Waals surface area contributed by atoms with Crippen molar-refractivity contribution in [3.8, 4) is 34.1 Å². The molecule has 0 spiro atoms. The van der Waals surface area contributed by atoms with E-state index in [1.807, 2.05) is 37.3 Å². The largest absolute Gasteiger partial charge is 0.493 e. The maximum absolute atomic E-state index is 5.45. The maximum atomic E-state index is 5.45. The van der Waals surface area contributed by atoms with Crippen LogP contribution in [0.15, 0.2) is 36.4 Å². The zero-order valence-corrected chi connectivity index (χ0v) is 15.0. The van der Waals surface area contributed by atoms with Crippen LogP contribution in [0.5, 0.6) is 23.0 Å². The average Bonchev–Trinajstić information content (AvgIpc) is 2.65. The minimum atomic E-state index is 0.659. The van der Waals surface area contributed by atoms with Gasteiger partial charge in [0.05, 0.1) is 34.0 Å². The third kappa shape index (κ3) is 3.05. The van der Waals surface area contributed by atoms with Gasteiger partial charge in [0.15, 0.2) is 23.0 Å². The van der Waals surface area contributed by atoms with Crippen LogP contribution in [-0.4, -0.2) is 33.4 Å². The molecule has 0 amide bonds. The first kappa shape index (κ1) is 16.9. The summed E-state index contributed by atoms with van der Waals surface area (Å²) >= 11 is 0. The van der Waals surface area contributed by atoms with Crippen molar-refractivity contribution in [2.75, 3.05) is 28.4 Å². The number of rotatable bonds is 5. The number of benzene rings is 2. The van der Waals surface area contributed by atoms with Gasteiger partial charge < -0.3 is 18.9 Å². The quantitative estimate of drug-likeness (QED) is 0.696. The Morgan fingerprint density at radius 3 is 1.92 bits per heavy atom. The summed E-state index contributed by atoms with van der Waals surface area (Å²) in [5.41, 5.74) is 3.83. The molecule has 1 aromatic heterocycles. The van der Waals surface area contributed by atoms with Gasteiger partial charge in [0, 0.05) is 17.1 Å². The van der Waals surface area contributed by atoms with Crippen LogP contribution in [0, 0.1) is 6.92 Å². The van der Waals surface area contributed by atoms with Crippen LogP contribution in [0.4, 0.5) is 0 Å². The van der Waals surface area contributed by atoms with Crippen LogP contribution >= 0.6 is 0 Å². The van der Waals surface area contributed by atoms with Crippen molar-refractivity contribution in [3.05, 3.63) is 42.1 Å². The Morgan fingerprint density at radius 2 is 1.28 bits per heavy atom. The van der Waals surface area contributed by atoms with E-state index in [4.69, 9.17) is 18.9 Å². The van der Waals surface area contributed by atoms with Crippen molar-refractivity contribution in [1.29, 1.82) is 0 Å². The first-order chi connectivity index (χ1) is 12.1. The molecule has 25 heavy (non-hydrogen) atoms. The normalized spacial score (nSPS) is 10.6. The summed E-state index contributed by atoms with van der Waals surface area (Å²) in [4.78, 5) is 4.63. The van der Waals surface area contributed by atoms with Crippen LogP contribution < -0.4 is 18.9 Å². The second kappa shape index (κ2) is 6.89. The Kier molecular flexibility index (Phi) is 4.65. The molecule has 0 aliphatic rings. The summed E-state index contributed by atoms with van der Waals surface area (Å²) in [5, 5.41) is 0.982. The van der Waals surface area contributed by atoms with E-state index in [-0.39, 0.29) is 0 Å². The molecule has 1 heterocycles. The van der Waals surface area contributed by atoms with Crippen molar-refractivity contribution >= 4 is 10.9 Å². The number of aryl methyl sites for hydroxylation is 1. The van der Waals surface area contributed by atoms with Gasteiger partial charge >= 0.3 is 0 Å². The number of nitrogens with zero attached hydrogens (tertiary/aromatic N) is 1. The lowest BCUT2D eigenvalue weighted by Gasteiger charge is -2.14. The molecule has 0 saturated heterocycles. The molecule has 5 heteroatoms. The highest BCUT2D eigenvalue weighted by Gasteiger charge is 2.14. The number of fused-ring (bicyclic) bond motifs is 1. The summed E-state index contributed by atoms with van der Waals surface area (Å²) < 4.78 is 21.6. The van der Waals surface area contributed by atoms with Crippen molar-refractivity contribution in [3.63, 3.8) is 0 Å². The van der Waals surface area contributed by atoms with Crippen molar-refractivity contribution in [1.82, 2.24) is 4.98 Å². The highest BCUT2D eigenvalue weighted by Crippen LogP contribution is 2.39. The fourth-order valence-corrected chi connectivity index (χ4v) is 2.93. The molecule has 0 saturated carbocycles. The fourth-order valence-electron chi connectivity index (χ4n) is 2.93. The molecule has 3 rings (SSSR count). The molecule has 3 aromatic rings. The molecule has 0 atom stereocenters. The van der Waals surface area contributed by atoms with E-state index < -0.39 is 0 Å². The van der Waals surface area contributed by atoms with Gasteiger partial charge in [-0.3, -0.25) is 4.98 Å². The minimum absolute atomic E-state index is 0.659. The zero-order valence-electron chi connectivity index (χ0n) is 15.0. The van der Waals surface area contributed by atoms with Gasteiger partial charge in [-0.1, -0.05) is 6.07 Å². The number of methoxy groups -OCH3 is 4. The number of pyridine rings is 1. The van der Waals surface area contributed by atoms with Crippen molar-refractivity contribution < 1.29 is 18.9 Å². The first-order valence-corrected chi connectivity index (χ1v) is 7.87. The highest BCUT2D eigenvalue weighted by molar-refractivity contribution is 5.97. The summed E-state index contributed by atoms with van der Waals surface area (Å²) in [6, 6.07) is 11.8. The van der Waals surface area contributed by atoms with Gasteiger partial charge in [0.25, 0.3) is 0 Å². The molecular weight excluding hydrogens is 318 g/mol. The molecular formula is C20H21NO4. The van der Waals surface area contributed by atoms with Gasteiger partial charge in [-0.05, 0) is 42.3 Å².